The van der Waals surface area contributed by atoms with Gasteiger partial charge in [-0.1, -0.05) is 13.3 Å². The van der Waals surface area contributed by atoms with Crippen molar-refractivity contribution in [3.05, 3.63) is 0 Å². The quantitative estimate of drug-likeness (QED) is 0.770. The molecule has 0 aromatic rings. The monoisotopic (exact) mass is 212 g/mol. The lowest BCUT2D eigenvalue weighted by atomic mass is 10.1. The van der Waals surface area contributed by atoms with Gasteiger partial charge in [0.15, 0.2) is 0 Å². The fraction of sp³-hybridized carbons (Fsp3) is 1.00. The summed E-state index contributed by atoms with van der Waals surface area (Å²) in [5, 5.41) is 3.74. The molecule has 0 bridgehead atoms. The van der Waals surface area contributed by atoms with Crippen molar-refractivity contribution in [2.75, 3.05) is 13.1 Å². The van der Waals surface area contributed by atoms with E-state index in [2.05, 4.69) is 44.8 Å². The Kier molecular flexibility index (Phi) is 4.60. The van der Waals surface area contributed by atoms with E-state index < -0.39 is 0 Å². The van der Waals surface area contributed by atoms with Gasteiger partial charge in [-0.15, -0.1) is 0 Å². The molecule has 1 saturated heterocycles. The van der Waals surface area contributed by atoms with Gasteiger partial charge in [-0.05, 0) is 40.5 Å². The van der Waals surface area contributed by atoms with Crippen LogP contribution in [0.3, 0.4) is 0 Å². The predicted octanol–water partition coefficient (Wildman–Crippen LogP) is 2.64. The fourth-order valence-electron chi connectivity index (χ4n) is 2.42. The molecule has 0 aromatic heterocycles. The normalized spacial score (nSPS) is 25.8. The van der Waals surface area contributed by atoms with Gasteiger partial charge >= 0.3 is 0 Å². The largest absolute Gasteiger partial charge is 0.310 e. The maximum Gasteiger partial charge on any atom is 0.0209 e. The number of hydrogen-bond donors (Lipinski definition) is 1. The Morgan fingerprint density at radius 1 is 1.40 bits per heavy atom. The molecule has 0 amide bonds. The van der Waals surface area contributed by atoms with Crippen LogP contribution in [0.5, 0.6) is 0 Å². The summed E-state index contributed by atoms with van der Waals surface area (Å²) in [6.45, 7) is 14.0. The van der Waals surface area contributed by atoms with Crippen molar-refractivity contribution in [1.29, 1.82) is 0 Å². The van der Waals surface area contributed by atoms with Crippen LogP contribution in [0, 0.1) is 0 Å². The summed E-state index contributed by atoms with van der Waals surface area (Å²) in [4.78, 5) is 2.59. The molecular formula is C13H28N2. The molecule has 0 radical (unpaired) electrons. The Morgan fingerprint density at radius 2 is 2.07 bits per heavy atom. The minimum atomic E-state index is 0.338. The number of likely N-dealkylation sites (tertiary alicyclic amines) is 1. The first-order chi connectivity index (χ1) is 6.93. The van der Waals surface area contributed by atoms with Crippen molar-refractivity contribution >= 4 is 0 Å². The van der Waals surface area contributed by atoms with Crippen LogP contribution < -0.4 is 5.32 Å². The van der Waals surface area contributed by atoms with Gasteiger partial charge in [0.25, 0.3) is 0 Å². The Morgan fingerprint density at radius 3 is 2.53 bits per heavy atom. The van der Waals surface area contributed by atoms with Crippen LogP contribution >= 0.6 is 0 Å². The van der Waals surface area contributed by atoms with Crippen molar-refractivity contribution in [3.8, 4) is 0 Å². The zero-order chi connectivity index (χ0) is 11.5. The second-order valence-corrected chi connectivity index (χ2v) is 5.96. The van der Waals surface area contributed by atoms with Crippen molar-refractivity contribution in [3.63, 3.8) is 0 Å². The summed E-state index contributed by atoms with van der Waals surface area (Å²) in [7, 11) is 0. The zero-order valence-corrected chi connectivity index (χ0v) is 11.1. The van der Waals surface area contributed by atoms with Crippen molar-refractivity contribution < 1.29 is 0 Å². The molecule has 1 heterocycles. The molecule has 0 aliphatic carbocycles. The fourth-order valence-corrected chi connectivity index (χ4v) is 2.42. The molecule has 1 unspecified atom stereocenters. The van der Waals surface area contributed by atoms with Crippen LogP contribution in [0.1, 0.15) is 53.9 Å². The molecule has 1 N–H and O–H groups in total. The predicted molar refractivity (Wildman–Crippen MR) is 67.2 cm³/mol. The lowest BCUT2D eigenvalue weighted by Crippen LogP contribution is -2.43. The van der Waals surface area contributed by atoms with E-state index in [0.717, 1.165) is 0 Å². The van der Waals surface area contributed by atoms with Crippen molar-refractivity contribution in [2.45, 2.75) is 71.5 Å². The smallest absolute Gasteiger partial charge is 0.0209 e. The number of rotatable bonds is 4. The molecule has 15 heavy (non-hydrogen) atoms. The molecule has 1 fully saturated rings. The van der Waals surface area contributed by atoms with E-state index in [0.29, 0.717) is 17.6 Å². The molecule has 0 aromatic carbocycles. The van der Waals surface area contributed by atoms with Crippen LogP contribution in [-0.4, -0.2) is 35.6 Å². The standard InChI is InChI=1S/C13H28N2/c1-6-7-11(2)14-12-8-9-15(10-12)13(3,4)5/h11-12,14H,6-10H2,1-5H3/t11?,12-/m1/s1. The van der Waals surface area contributed by atoms with Crippen LogP contribution in [0.15, 0.2) is 0 Å². The first-order valence-electron chi connectivity index (χ1n) is 6.44. The summed E-state index contributed by atoms with van der Waals surface area (Å²) in [5.74, 6) is 0. The third-order valence-electron chi connectivity index (χ3n) is 3.38. The van der Waals surface area contributed by atoms with E-state index in [1.54, 1.807) is 0 Å². The van der Waals surface area contributed by atoms with Crippen molar-refractivity contribution in [1.82, 2.24) is 10.2 Å². The van der Waals surface area contributed by atoms with Crippen LogP contribution in [0.25, 0.3) is 0 Å². The van der Waals surface area contributed by atoms with Crippen LogP contribution in [0.2, 0.25) is 0 Å². The third-order valence-corrected chi connectivity index (χ3v) is 3.38. The van der Waals surface area contributed by atoms with Gasteiger partial charge in [0.05, 0.1) is 0 Å². The van der Waals surface area contributed by atoms with Crippen LogP contribution in [0.4, 0.5) is 0 Å². The first kappa shape index (κ1) is 13.0. The maximum absolute atomic E-state index is 3.74. The zero-order valence-electron chi connectivity index (χ0n) is 11.1. The average Bonchev–Trinajstić information content (AvgIpc) is 2.52. The molecule has 90 valence electrons. The van der Waals surface area contributed by atoms with Gasteiger partial charge < -0.3 is 5.32 Å². The highest BCUT2D eigenvalue weighted by molar-refractivity contribution is 4.88. The van der Waals surface area contributed by atoms with Crippen molar-refractivity contribution in [2.24, 2.45) is 0 Å². The second-order valence-electron chi connectivity index (χ2n) is 5.96. The van der Waals surface area contributed by atoms with Gasteiger partial charge in [0.2, 0.25) is 0 Å². The molecule has 1 rings (SSSR count). The van der Waals surface area contributed by atoms with E-state index in [1.165, 1.54) is 32.4 Å². The number of hydrogen-bond acceptors (Lipinski definition) is 2. The molecule has 0 spiro atoms. The summed E-state index contributed by atoms with van der Waals surface area (Å²) in [6, 6.07) is 1.39. The molecule has 2 nitrogen and oxygen atoms in total. The average molecular weight is 212 g/mol. The third kappa shape index (κ3) is 4.12. The highest BCUT2D eigenvalue weighted by atomic mass is 15.2. The highest BCUT2D eigenvalue weighted by Crippen LogP contribution is 2.20. The first-order valence-corrected chi connectivity index (χ1v) is 6.44. The number of nitrogens with zero attached hydrogens (tertiary/aromatic N) is 1. The Hall–Kier alpha value is -0.0800. The number of nitrogens with one attached hydrogen (secondary N) is 1. The Balaban J connectivity index is 2.30. The maximum atomic E-state index is 3.74. The van der Waals surface area contributed by atoms with Gasteiger partial charge in [0, 0.05) is 30.7 Å². The van der Waals surface area contributed by atoms with Gasteiger partial charge in [-0.2, -0.15) is 0 Å². The molecule has 1 aliphatic heterocycles. The Bertz CT molecular complexity index is 183. The topological polar surface area (TPSA) is 15.3 Å². The van der Waals surface area contributed by atoms with Crippen LogP contribution in [-0.2, 0) is 0 Å². The molecule has 1 aliphatic rings. The molecular weight excluding hydrogens is 184 g/mol. The summed E-state index contributed by atoms with van der Waals surface area (Å²) < 4.78 is 0. The summed E-state index contributed by atoms with van der Waals surface area (Å²) >= 11 is 0. The molecule has 2 heteroatoms. The minimum absolute atomic E-state index is 0.338. The summed E-state index contributed by atoms with van der Waals surface area (Å²) in [6.07, 6.45) is 3.89. The van der Waals surface area contributed by atoms with E-state index in [1.807, 2.05) is 0 Å². The SMILES string of the molecule is CCCC(C)N[C@@H]1CCN(C(C)(C)C)C1. The minimum Gasteiger partial charge on any atom is -0.310 e. The Labute approximate surface area is 95.4 Å². The van der Waals surface area contributed by atoms with Gasteiger partial charge in [-0.3, -0.25) is 4.90 Å². The van der Waals surface area contributed by atoms with E-state index in [-0.39, 0.29) is 0 Å². The molecule has 0 saturated carbocycles. The van der Waals surface area contributed by atoms with E-state index in [4.69, 9.17) is 0 Å². The second kappa shape index (κ2) is 5.31. The summed E-state index contributed by atoms with van der Waals surface area (Å²) in [5.41, 5.74) is 0.338. The lowest BCUT2D eigenvalue weighted by Gasteiger charge is -2.32. The van der Waals surface area contributed by atoms with Gasteiger partial charge in [-0.25, -0.2) is 0 Å². The van der Waals surface area contributed by atoms with Gasteiger partial charge in [0.1, 0.15) is 0 Å². The van der Waals surface area contributed by atoms with E-state index >= 15 is 0 Å². The van der Waals surface area contributed by atoms with E-state index in [9.17, 15) is 0 Å². The highest BCUT2D eigenvalue weighted by Gasteiger charge is 2.30. The molecule has 2 atom stereocenters. The lowest BCUT2D eigenvalue weighted by molar-refractivity contribution is 0.169.